The summed E-state index contributed by atoms with van der Waals surface area (Å²) in [5, 5.41) is 18.4. The molecule has 0 spiro atoms. The molecule has 342 valence electrons. The maximum Gasteiger partial charge on any atom is 0.410 e. The Morgan fingerprint density at radius 2 is 1.49 bits per heavy atom. The van der Waals surface area contributed by atoms with E-state index in [1.165, 1.54) is 11.1 Å². The zero-order chi connectivity index (χ0) is 46.3. The van der Waals surface area contributed by atoms with Crippen molar-refractivity contribution in [2.75, 3.05) is 42.9 Å². The van der Waals surface area contributed by atoms with Crippen molar-refractivity contribution in [3.8, 4) is 0 Å². The molecular weight excluding hydrogens is 836 g/mol. The van der Waals surface area contributed by atoms with Crippen molar-refractivity contribution in [2.24, 2.45) is 11.5 Å². The van der Waals surface area contributed by atoms with E-state index in [4.69, 9.17) is 20.9 Å². The smallest absolute Gasteiger partial charge is 0.410 e. The van der Waals surface area contributed by atoms with E-state index < -0.39 is 47.0 Å². The highest BCUT2D eigenvalue weighted by molar-refractivity contribution is 5.95. The van der Waals surface area contributed by atoms with Crippen LogP contribution in [-0.2, 0) is 40.4 Å². The molecule has 1 aliphatic rings. The Morgan fingerprint density at radius 3 is 2.14 bits per heavy atom. The van der Waals surface area contributed by atoms with Gasteiger partial charge in [-0.2, -0.15) is 0 Å². The fourth-order valence-electron chi connectivity index (χ4n) is 7.43. The quantitative estimate of drug-likeness (QED) is 0.0551. The molecule has 3 amide bonds. The molecule has 1 fully saturated rings. The third-order valence-corrected chi connectivity index (χ3v) is 11.1. The zero-order valence-corrected chi connectivity index (χ0v) is 36.2. The highest BCUT2D eigenvalue weighted by atomic mass is 19.1. The van der Waals surface area contributed by atoms with Gasteiger partial charge in [-0.25, -0.2) is 18.8 Å². The summed E-state index contributed by atoms with van der Waals surface area (Å²) in [6, 6.07) is 27.1. The molecule has 16 nitrogen and oxygen atoms in total. The molecule has 4 aromatic carbocycles. The number of unbranched alkanes of at least 4 members (excludes halogenated alkanes) is 1. The van der Waals surface area contributed by atoms with Gasteiger partial charge in [0.05, 0.1) is 17.2 Å². The van der Waals surface area contributed by atoms with Crippen molar-refractivity contribution in [1.29, 1.82) is 0 Å². The first-order valence-corrected chi connectivity index (χ1v) is 21.5. The Morgan fingerprint density at radius 1 is 0.846 bits per heavy atom. The predicted molar refractivity (Wildman–Crippen MR) is 246 cm³/mol. The van der Waals surface area contributed by atoms with Crippen LogP contribution in [0.3, 0.4) is 0 Å². The SMILES string of the molecule is CCn1cc(C(=O)O)c(=O)c2cc(F)c(N3CCN(C(=O)OCc4ccc(NC(=O)[C@H](CCCCN)N/C=C(\N)[C@H](Cc5ccccc5)NC(=O)OCc5ccccc5)cc4)CC3)cc21. The third kappa shape index (κ3) is 12.8. The number of rotatable bonds is 19. The number of carbonyl (C=O) groups excluding carboxylic acids is 3. The van der Waals surface area contributed by atoms with E-state index in [2.05, 4.69) is 16.0 Å². The summed E-state index contributed by atoms with van der Waals surface area (Å²) in [5.41, 5.74) is 15.1. The van der Waals surface area contributed by atoms with Crippen LogP contribution in [0.2, 0.25) is 0 Å². The molecule has 1 saturated heterocycles. The number of ether oxygens (including phenoxy) is 2. The third-order valence-electron chi connectivity index (χ3n) is 11.1. The molecule has 5 aromatic rings. The number of aromatic carboxylic acids is 1. The van der Waals surface area contributed by atoms with Crippen molar-refractivity contribution in [3.63, 3.8) is 0 Å². The first kappa shape index (κ1) is 47.1. The van der Waals surface area contributed by atoms with Gasteiger partial charge in [-0.1, -0.05) is 72.8 Å². The van der Waals surface area contributed by atoms with Gasteiger partial charge in [-0.05, 0) is 80.1 Å². The van der Waals surface area contributed by atoms with Crippen LogP contribution in [0.15, 0.2) is 120 Å². The van der Waals surface area contributed by atoms with E-state index in [9.17, 15) is 29.1 Å². The lowest BCUT2D eigenvalue weighted by Crippen LogP contribution is -2.49. The normalized spacial score (nSPS) is 13.7. The van der Waals surface area contributed by atoms with Crippen LogP contribution >= 0.6 is 0 Å². The number of anilines is 2. The Hall–Kier alpha value is -7.40. The standard InChI is InChI=1S/C48H55FN8O8/c1-2-55-29-37(46(60)61)44(58)36-26-38(49)43(27-42(36)55)56-21-23-57(24-22-56)48(63)65-31-34-16-18-35(19-17-34)53-45(59)40(15-9-10-20-50)52-28-39(51)41(25-32-11-5-3-6-12-32)54-47(62)64-30-33-13-7-4-8-14-33/h3-8,11-14,16-19,26-29,40-41,52H,2,9-10,15,20-25,30-31,50-51H2,1H3,(H,53,59)(H,54,62)(H,60,61)/b39-28-/t40-,41-/m0/s1. The van der Waals surface area contributed by atoms with Crippen LogP contribution in [-0.4, -0.2) is 83.4 Å². The number of nitrogens with two attached hydrogens (primary N) is 2. The number of halogens is 1. The Balaban J connectivity index is 1.02. The highest BCUT2D eigenvalue weighted by Gasteiger charge is 2.26. The summed E-state index contributed by atoms with van der Waals surface area (Å²) >= 11 is 0. The number of aryl methyl sites for hydroxylation is 1. The number of carboxylic acids is 1. The lowest BCUT2D eigenvalue weighted by atomic mass is 10.0. The van der Waals surface area contributed by atoms with Crippen molar-refractivity contribution in [3.05, 3.63) is 153 Å². The van der Waals surface area contributed by atoms with E-state index in [0.29, 0.717) is 74.3 Å². The second kappa shape index (κ2) is 22.8. The van der Waals surface area contributed by atoms with Crippen molar-refractivity contribution in [1.82, 2.24) is 20.1 Å². The summed E-state index contributed by atoms with van der Waals surface area (Å²) in [5.74, 6) is -2.35. The molecule has 2 atom stereocenters. The number of alkyl carbamates (subject to hydrolysis) is 1. The second-order valence-electron chi connectivity index (χ2n) is 15.6. The Bertz CT molecular complexity index is 2510. The fraction of sp³-hybridized carbons (Fsp3) is 0.312. The lowest BCUT2D eigenvalue weighted by molar-refractivity contribution is -0.118. The monoisotopic (exact) mass is 890 g/mol. The summed E-state index contributed by atoms with van der Waals surface area (Å²) in [4.78, 5) is 67.2. The van der Waals surface area contributed by atoms with Crippen molar-refractivity contribution >= 4 is 46.3 Å². The highest BCUT2D eigenvalue weighted by Crippen LogP contribution is 2.27. The van der Waals surface area contributed by atoms with E-state index in [1.807, 2.05) is 60.7 Å². The maximum atomic E-state index is 15.4. The molecule has 0 radical (unpaired) electrons. The van der Waals surface area contributed by atoms with Gasteiger partial charge in [0.15, 0.2) is 0 Å². The minimum atomic E-state index is -1.38. The summed E-state index contributed by atoms with van der Waals surface area (Å²) < 4.78 is 28.0. The average Bonchev–Trinajstić information content (AvgIpc) is 3.32. The van der Waals surface area contributed by atoms with Crippen LogP contribution in [0, 0.1) is 5.82 Å². The lowest BCUT2D eigenvalue weighted by Gasteiger charge is -2.35. The topological polar surface area (TPSA) is 224 Å². The number of pyridine rings is 1. The molecule has 17 heteroatoms. The number of hydrogen-bond donors (Lipinski definition) is 6. The van der Waals surface area contributed by atoms with Crippen LogP contribution in [0.4, 0.5) is 25.4 Å². The molecule has 1 aliphatic heterocycles. The number of benzene rings is 4. The van der Waals surface area contributed by atoms with Crippen LogP contribution < -0.4 is 37.7 Å². The second-order valence-corrected chi connectivity index (χ2v) is 15.6. The van der Waals surface area contributed by atoms with Crippen LogP contribution in [0.1, 0.15) is 53.2 Å². The molecule has 1 aromatic heterocycles. The molecule has 65 heavy (non-hydrogen) atoms. The van der Waals surface area contributed by atoms with E-state index >= 15 is 4.39 Å². The minimum Gasteiger partial charge on any atom is -0.477 e. The minimum absolute atomic E-state index is 0.0155. The summed E-state index contributed by atoms with van der Waals surface area (Å²) in [6.45, 7) is 3.82. The van der Waals surface area contributed by atoms with Crippen molar-refractivity contribution in [2.45, 2.75) is 64.4 Å². The molecule has 0 saturated carbocycles. The van der Waals surface area contributed by atoms with Gasteiger partial charge in [0.2, 0.25) is 11.3 Å². The van der Waals surface area contributed by atoms with Gasteiger partial charge in [0.25, 0.3) is 0 Å². The largest absolute Gasteiger partial charge is 0.477 e. The maximum absolute atomic E-state index is 15.4. The first-order valence-electron chi connectivity index (χ1n) is 21.5. The van der Waals surface area contributed by atoms with Gasteiger partial charge < -0.3 is 56.4 Å². The van der Waals surface area contributed by atoms with Crippen molar-refractivity contribution < 1.29 is 38.1 Å². The fourth-order valence-corrected chi connectivity index (χ4v) is 7.43. The molecule has 6 rings (SSSR count). The van der Waals surface area contributed by atoms with E-state index in [0.717, 1.165) is 17.2 Å². The Kier molecular flexibility index (Phi) is 16.5. The Labute approximate surface area is 376 Å². The molecule has 0 bridgehead atoms. The number of carbonyl (C=O) groups is 4. The number of nitrogens with one attached hydrogen (secondary N) is 3. The number of piperazine rings is 1. The van der Waals surface area contributed by atoms with Gasteiger partial charge in [0, 0.05) is 61.9 Å². The van der Waals surface area contributed by atoms with Crippen LogP contribution in [0.25, 0.3) is 10.9 Å². The van der Waals surface area contributed by atoms with Gasteiger partial charge in [-0.3, -0.25) is 9.59 Å². The number of hydrogen-bond acceptors (Lipinski definition) is 11. The average molecular weight is 891 g/mol. The molecule has 0 aliphatic carbocycles. The zero-order valence-electron chi connectivity index (χ0n) is 36.2. The first-order chi connectivity index (χ1) is 31.4. The predicted octanol–water partition coefficient (Wildman–Crippen LogP) is 5.68. The number of carboxylic acid groups (broad SMARTS) is 1. The van der Waals surface area contributed by atoms with Gasteiger partial charge in [-0.15, -0.1) is 0 Å². The van der Waals surface area contributed by atoms with Gasteiger partial charge in [0.1, 0.15) is 30.6 Å². The number of fused-ring (bicyclic) bond motifs is 1. The molecular formula is C48H55FN8O8. The molecule has 0 unspecified atom stereocenters. The number of nitrogens with zero attached hydrogens (tertiary/aromatic N) is 3. The number of aromatic nitrogens is 1. The molecule has 2 heterocycles. The van der Waals surface area contributed by atoms with E-state index in [-0.39, 0.29) is 43.3 Å². The summed E-state index contributed by atoms with van der Waals surface area (Å²) in [7, 11) is 0. The van der Waals surface area contributed by atoms with Gasteiger partial charge >= 0.3 is 18.2 Å². The van der Waals surface area contributed by atoms with E-state index in [1.54, 1.807) is 52.9 Å². The van der Waals surface area contributed by atoms with Crippen LogP contribution in [0.5, 0.6) is 0 Å². The molecule has 8 N–H and O–H groups in total. The summed E-state index contributed by atoms with van der Waals surface area (Å²) in [6.07, 6.45) is 3.86. The number of amides is 3.